The van der Waals surface area contributed by atoms with Crippen molar-refractivity contribution in [3.63, 3.8) is 0 Å². The molecule has 0 atom stereocenters. The summed E-state index contributed by atoms with van der Waals surface area (Å²) in [6.45, 7) is 0. The maximum Gasteiger partial charge on any atom is 0.0352 e. The number of benzene rings is 1. The molecule has 0 saturated carbocycles. The van der Waals surface area contributed by atoms with Gasteiger partial charge >= 0.3 is 0 Å². The Hall–Kier alpha value is -1.15. The van der Waals surface area contributed by atoms with Crippen LogP contribution in [0.1, 0.15) is 12.0 Å². The van der Waals surface area contributed by atoms with Crippen LogP contribution in [0.2, 0.25) is 0 Å². The fourth-order valence-electron chi connectivity index (χ4n) is 1.56. The summed E-state index contributed by atoms with van der Waals surface area (Å²) in [6, 6.07) is 8.35. The molecule has 0 spiro atoms. The van der Waals surface area contributed by atoms with Crippen molar-refractivity contribution in [1.29, 1.82) is 0 Å². The van der Waals surface area contributed by atoms with Gasteiger partial charge in [-0.25, -0.2) is 0 Å². The van der Waals surface area contributed by atoms with Crippen LogP contribution in [0, 0.1) is 0 Å². The standard InChI is InChI=1S/C13H12BrN/c14-8-2-1-4-11-5-3-6-12-7-9-15-10-13(11)12/h1,3-7,9-10H,2,8H2/b4-1+. The highest BCUT2D eigenvalue weighted by Gasteiger charge is 1.95. The van der Waals surface area contributed by atoms with Crippen molar-refractivity contribution in [3.05, 3.63) is 48.3 Å². The number of hydrogen-bond donors (Lipinski definition) is 0. The van der Waals surface area contributed by atoms with Crippen LogP contribution in [-0.4, -0.2) is 10.3 Å². The van der Waals surface area contributed by atoms with Crippen molar-refractivity contribution in [3.8, 4) is 0 Å². The molecule has 2 aromatic rings. The maximum atomic E-state index is 4.16. The van der Waals surface area contributed by atoms with Gasteiger partial charge in [-0.2, -0.15) is 0 Å². The maximum absolute atomic E-state index is 4.16. The molecule has 0 bridgehead atoms. The Kier molecular flexibility index (Phi) is 3.51. The summed E-state index contributed by atoms with van der Waals surface area (Å²) in [5.74, 6) is 0. The number of halogens is 1. The van der Waals surface area contributed by atoms with Gasteiger partial charge in [0, 0.05) is 23.1 Å². The first-order valence-electron chi connectivity index (χ1n) is 4.97. The summed E-state index contributed by atoms with van der Waals surface area (Å²) in [6.07, 6.45) is 9.13. The smallest absolute Gasteiger partial charge is 0.0352 e. The minimum Gasteiger partial charge on any atom is -0.264 e. The first kappa shape index (κ1) is 10.4. The molecule has 0 aliphatic carbocycles. The number of nitrogens with zero attached hydrogens (tertiary/aromatic N) is 1. The van der Waals surface area contributed by atoms with E-state index in [1.807, 2.05) is 18.5 Å². The molecule has 2 rings (SSSR count). The predicted molar refractivity (Wildman–Crippen MR) is 69.2 cm³/mol. The van der Waals surface area contributed by atoms with Crippen LogP contribution in [-0.2, 0) is 0 Å². The van der Waals surface area contributed by atoms with Gasteiger partial charge in [-0.1, -0.05) is 46.3 Å². The van der Waals surface area contributed by atoms with Gasteiger partial charge in [0.05, 0.1) is 0 Å². The Morgan fingerprint density at radius 2 is 2.20 bits per heavy atom. The zero-order valence-corrected chi connectivity index (χ0v) is 9.94. The number of hydrogen-bond acceptors (Lipinski definition) is 1. The Labute approximate surface area is 98.0 Å². The second-order valence-corrected chi connectivity index (χ2v) is 4.12. The third-order valence-electron chi connectivity index (χ3n) is 2.29. The number of rotatable bonds is 3. The summed E-state index contributed by atoms with van der Waals surface area (Å²) in [7, 11) is 0. The Morgan fingerprint density at radius 1 is 1.27 bits per heavy atom. The molecule has 0 N–H and O–H groups in total. The molecule has 0 fully saturated rings. The molecule has 1 heterocycles. The first-order chi connectivity index (χ1) is 7.42. The van der Waals surface area contributed by atoms with E-state index >= 15 is 0 Å². The van der Waals surface area contributed by atoms with Gasteiger partial charge in [0.15, 0.2) is 0 Å². The van der Waals surface area contributed by atoms with Gasteiger partial charge in [0.1, 0.15) is 0 Å². The SMILES string of the molecule is BrCC/C=C/c1cccc2ccncc12. The van der Waals surface area contributed by atoms with E-state index in [9.17, 15) is 0 Å². The van der Waals surface area contributed by atoms with E-state index in [0.29, 0.717) is 0 Å². The molecule has 0 radical (unpaired) electrons. The second kappa shape index (κ2) is 5.08. The second-order valence-electron chi connectivity index (χ2n) is 3.32. The van der Waals surface area contributed by atoms with Gasteiger partial charge in [-0.15, -0.1) is 0 Å². The molecule has 1 aromatic heterocycles. The summed E-state index contributed by atoms with van der Waals surface area (Å²) < 4.78 is 0. The van der Waals surface area contributed by atoms with Crippen LogP contribution in [0.15, 0.2) is 42.7 Å². The average Bonchev–Trinajstić information content (AvgIpc) is 2.30. The van der Waals surface area contributed by atoms with E-state index in [-0.39, 0.29) is 0 Å². The minimum atomic E-state index is 1.01. The monoisotopic (exact) mass is 261 g/mol. The zero-order chi connectivity index (χ0) is 10.5. The van der Waals surface area contributed by atoms with E-state index in [2.05, 4.69) is 51.3 Å². The molecule has 0 amide bonds. The van der Waals surface area contributed by atoms with Crippen LogP contribution < -0.4 is 0 Å². The van der Waals surface area contributed by atoms with Crippen LogP contribution in [0.5, 0.6) is 0 Å². The molecule has 2 heteroatoms. The summed E-state index contributed by atoms with van der Waals surface area (Å²) in [5.41, 5.74) is 1.24. The highest BCUT2D eigenvalue weighted by atomic mass is 79.9. The van der Waals surface area contributed by atoms with Crippen molar-refractivity contribution in [2.45, 2.75) is 6.42 Å². The van der Waals surface area contributed by atoms with E-state index in [1.54, 1.807) is 0 Å². The van der Waals surface area contributed by atoms with Crippen LogP contribution in [0.25, 0.3) is 16.8 Å². The van der Waals surface area contributed by atoms with Crippen molar-refractivity contribution in [2.75, 3.05) is 5.33 Å². The van der Waals surface area contributed by atoms with Crippen LogP contribution in [0.3, 0.4) is 0 Å². The van der Waals surface area contributed by atoms with Crippen molar-refractivity contribution in [2.24, 2.45) is 0 Å². The molecule has 1 aromatic carbocycles. The van der Waals surface area contributed by atoms with Gasteiger partial charge < -0.3 is 0 Å². The zero-order valence-electron chi connectivity index (χ0n) is 8.36. The van der Waals surface area contributed by atoms with Crippen LogP contribution >= 0.6 is 15.9 Å². The molecular weight excluding hydrogens is 250 g/mol. The third kappa shape index (κ3) is 2.45. The van der Waals surface area contributed by atoms with Crippen molar-refractivity contribution >= 4 is 32.8 Å². The minimum absolute atomic E-state index is 1.01. The number of alkyl halides is 1. The fourth-order valence-corrected chi connectivity index (χ4v) is 1.82. The van der Waals surface area contributed by atoms with Crippen LogP contribution in [0.4, 0.5) is 0 Å². The molecule has 0 saturated heterocycles. The van der Waals surface area contributed by atoms with Gasteiger partial charge in [-0.05, 0) is 23.4 Å². The topological polar surface area (TPSA) is 12.9 Å². The van der Waals surface area contributed by atoms with Gasteiger partial charge in [0.25, 0.3) is 0 Å². The largest absolute Gasteiger partial charge is 0.264 e. The average molecular weight is 262 g/mol. The van der Waals surface area contributed by atoms with E-state index < -0.39 is 0 Å². The Morgan fingerprint density at radius 3 is 3.07 bits per heavy atom. The lowest BCUT2D eigenvalue weighted by Crippen LogP contribution is -1.79. The van der Waals surface area contributed by atoms with E-state index in [0.717, 1.165) is 11.8 Å². The lowest BCUT2D eigenvalue weighted by molar-refractivity contribution is 1.27. The van der Waals surface area contributed by atoms with Crippen molar-refractivity contribution < 1.29 is 0 Å². The molecule has 0 unspecified atom stereocenters. The highest BCUT2D eigenvalue weighted by molar-refractivity contribution is 9.09. The van der Waals surface area contributed by atoms with Gasteiger partial charge in [0.2, 0.25) is 0 Å². The number of fused-ring (bicyclic) bond motifs is 1. The molecule has 76 valence electrons. The normalized spacial score (nSPS) is 11.3. The Balaban J connectivity index is 2.42. The summed E-state index contributed by atoms with van der Waals surface area (Å²) >= 11 is 3.41. The molecule has 0 aliphatic heterocycles. The Bertz CT molecular complexity index is 471. The van der Waals surface area contributed by atoms with Crippen molar-refractivity contribution in [1.82, 2.24) is 4.98 Å². The third-order valence-corrected chi connectivity index (χ3v) is 2.75. The number of aromatic nitrogens is 1. The fraction of sp³-hybridized carbons (Fsp3) is 0.154. The van der Waals surface area contributed by atoms with E-state index in [1.165, 1.54) is 16.3 Å². The number of allylic oxidation sites excluding steroid dienone is 1. The molecule has 15 heavy (non-hydrogen) atoms. The van der Waals surface area contributed by atoms with Gasteiger partial charge in [-0.3, -0.25) is 4.98 Å². The summed E-state index contributed by atoms with van der Waals surface area (Å²) in [4.78, 5) is 4.16. The number of pyridine rings is 1. The first-order valence-corrected chi connectivity index (χ1v) is 6.09. The molecule has 1 nitrogen and oxygen atoms in total. The lowest BCUT2D eigenvalue weighted by Gasteiger charge is -2.00. The lowest BCUT2D eigenvalue weighted by atomic mass is 10.1. The highest BCUT2D eigenvalue weighted by Crippen LogP contribution is 2.18. The quantitative estimate of drug-likeness (QED) is 0.761. The molecule has 0 aliphatic rings. The summed E-state index contributed by atoms with van der Waals surface area (Å²) in [5, 5.41) is 3.46. The van der Waals surface area contributed by atoms with E-state index in [4.69, 9.17) is 0 Å². The predicted octanol–water partition coefficient (Wildman–Crippen LogP) is 4.03. The molecular formula is C13H12BrN.